The maximum atomic E-state index is 14.3. The molecule has 1 aliphatic heterocycles. The average molecular weight is 610 g/mol. The summed E-state index contributed by atoms with van der Waals surface area (Å²) in [6.07, 6.45) is 3.99. The highest BCUT2D eigenvalue weighted by Gasteiger charge is 2.35. The van der Waals surface area contributed by atoms with Crippen molar-refractivity contribution in [2.24, 2.45) is 0 Å². The van der Waals surface area contributed by atoms with Gasteiger partial charge in [0.2, 0.25) is 28.6 Å². The SMILES string of the molecule is CCS(=O)(=O)N(CC(=O)N(Cc1ccc(F)cc1)[C@H](Cc1ccccc1)C(=O)NC1CCCC1)c1ccc2c(c1)OCO2. The third kappa shape index (κ3) is 7.45. The molecule has 3 aromatic carbocycles. The van der Waals surface area contributed by atoms with Gasteiger partial charge in [0.15, 0.2) is 11.5 Å². The van der Waals surface area contributed by atoms with Gasteiger partial charge in [-0.15, -0.1) is 0 Å². The van der Waals surface area contributed by atoms with E-state index in [1.165, 1.54) is 30.0 Å². The topological polar surface area (TPSA) is 105 Å². The first-order valence-corrected chi connectivity index (χ1v) is 16.1. The van der Waals surface area contributed by atoms with Crippen molar-refractivity contribution in [3.05, 3.63) is 89.7 Å². The molecule has 1 atom stereocenters. The third-order valence-electron chi connectivity index (χ3n) is 7.86. The van der Waals surface area contributed by atoms with Gasteiger partial charge in [0.05, 0.1) is 11.4 Å². The smallest absolute Gasteiger partial charge is 0.244 e. The number of fused-ring (bicyclic) bond motifs is 1. The van der Waals surface area contributed by atoms with Crippen LogP contribution in [0.2, 0.25) is 0 Å². The van der Waals surface area contributed by atoms with Gasteiger partial charge in [-0.05, 0) is 55.2 Å². The van der Waals surface area contributed by atoms with E-state index in [1.54, 1.807) is 24.3 Å². The highest BCUT2D eigenvalue weighted by atomic mass is 32.2. The van der Waals surface area contributed by atoms with Gasteiger partial charge in [-0.2, -0.15) is 0 Å². The van der Waals surface area contributed by atoms with E-state index in [2.05, 4.69) is 5.32 Å². The van der Waals surface area contributed by atoms with Crippen molar-refractivity contribution >= 4 is 27.5 Å². The molecular weight excluding hydrogens is 573 g/mol. The van der Waals surface area contributed by atoms with Crippen LogP contribution in [0, 0.1) is 5.82 Å². The van der Waals surface area contributed by atoms with Crippen molar-refractivity contribution in [1.29, 1.82) is 0 Å². The lowest BCUT2D eigenvalue weighted by atomic mass is 10.0. The van der Waals surface area contributed by atoms with E-state index in [-0.39, 0.29) is 43.1 Å². The molecule has 1 N–H and O–H groups in total. The van der Waals surface area contributed by atoms with Gasteiger partial charge < -0.3 is 19.7 Å². The lowest BCUT2D eigenvalue weighted by Gasteiger charge is -2.34. The van der Waals surface area contributed by atoms with E-state index in [4.69, 9.17) is 9.47 Å². The number of hydrogen-bond acceptors (Lipinski definition) is 6. The monoisotopic (exact) mass is 609 g/mol. The second-order valence-corrected chi connectivity index (χ2v) is 13.0. The van der Waals surface area contributed by atoms with Crippen LogP contribution in [0.25, 0.3) is 0 Å². The molecule has 43 heavy (non-hydrogen) atoms. The van der Waals surface area contributed by atoms with Crippen molar-refractivity contribution in [2.75, 3.05) is 23.4 Å². The number of sulfonamides is 1. The Morgan fingerprint density at radius 2 is 1.65 bits per heavy atom. The fourth-order valence-electron chi connectivity index (χ4n) is 5.47. The molecule has 3 aromatic rings. The summed E-state index contributed by atoms with van der Waals surface area (Å²) in [4.78, 5) is 29.6. The van der Waals surface area contributed by atoms with Gasteiger partial charge in [-0.3, -0.25) is 13.9 Å². The zero-order valence-corrected chi connectivity index (χ0v) is 24.9. The molecule has 1 saturated carbocycles. The Hall–Kier alpha value is -4.12. The van der Waals surface area contributed by atoms with Crippen LogP contribution >= 0.6 is 0 Å². The van der Waals surface area contributed by atoms with Crippen molar-refractivity contribution in [1.82, 2.24) is 10.2 Å². The number of ether oxygens (including phenoxy) is 2. The summed E-state index contributed by atoms with van der Waals surface area (Å²) in [5, 5.41) is 3.13. The van der Waals surface area contributed by atoms with Gasteiger partial charge >= 0.3 is 0 Å². The normalized spacial score (nSPS) is 15.2. The quantitative estimate of drug-likeness (QED) is 0.326. The number of amides is 2. The number of benzene rings is 3. The van der Waals surface area contributed by atoms with E-state index in [0.717, 1.165) is 35.6 Å². The summed E-state index contributed by atoms with van der Waals surface area (Å²) in [6, 6.07) is 18.8. The van der Waals surface area contributed by atoms with Crippen LogP contribution in [0.15, 0.2) is 72.8 Å². The van der Waals surface area contributed by atoms with Gasteiger partial charge in [0.1, 0.15) is 18.4 Å². The molecule has 2 amide bonds. The summed E-state index contributed by atoms with van der Waals surface area (Å²) in [7, 11) is -3.92. The molecule has 11 heteroatoms. The first kappa shape index (κ1) is 30.3. The number of anilines is 1. The summed E-state index contributed by atoms with van der Waals surface area (Å²) in [5.74, 6) is -0.691. The maximum Gasteiger partial charge on any atom is 0.244 e. The molecule has 5 rings (SSSR count). The zero-order chi connectivity index (χ0) is 30.4. The first-order chi connectivity index (χ1) is 20.7. The minimum Gasteiger partial charge on any atom is -0.454 e. The highest BCUT2D eigenvalue weighted by molar-refractivity contribution is 7.92. The van der Waals surface area contributed by atoms with Gasteiger partial charge in [-0.25, -0.2) is 12.8 Å². The molecule has 0 unspecified atom stereocenters. The number of carbonyl (C=O) groups is 2. The van der Waals surface area contributed by atoms with E-state index < -0.39 is 34.3 Å². The second-order valence-electron chi connectivity index (χ2n) is 10.8. The van der Waals surface area contributed by atoms with Crippen LogP contribution in [0.1, 0.15) is 43.7 Å². The average Bonchev–Trinajstić information content (AvgIpc) is 3.71. The minimum atomic E-state index is -3.92. The van der Waals surface area contributed by atoms with Crippen LogP contribution in [0.4, 0.5) is 10.1 Å². The van der Waals surface area contributed by atoms with Crippen molar-refractivity contribution in [3.63, 3.8) is 0 Å². The molecule has 0 saturated heterocycles. The maximum absolute atomic E-state index is 14.3. The van der Waals surface area contributed by atoms with Gasteiger partial charge in [0, 0.05) is 25.1 Å². The molecule has 0 spiro atoms. The summed E-state index contributed by atoms with van der Waals surface area (Å²) >= 11 is 0. The van der Waals surface area contributed by atoms with Crippen molar-refractivity contribution < 1.29 is 31.9 Å². The molecule has 0 radical (unpaired) electrons. The Morgan fingerprint density at radius 1 is 0.953 bits per heavy atom. The van der Waals surface area contributed by atoms with E-state index in [0.29, 0.717) is 17.1 Å². The van der Waals surface area contributed by atoms with Crippen LogP contribution in [-0.4, -0.2) is 56.3 Å². The van der Waals surface area contributed by atoms with Crippen LogP contribution in [-0.2, 0) is 32.6 Å². The van der Waals surface area contributed by atoms with E-state index >= 15 is 0 Å². The lowest BCUT2D eigenvalue weighted by molar-refractivity contribution is -0.140. The zero-order valence-electron chi connectivity index (χ0n) is 24.1. The predicted octanol–water partition coefficient (Wildman–Crippen LogP) is 4.41. The number of nitrogens with zero attached hydrogens (tertiary/aromatic N) is 2. The fourth-order valence-corrected chi connectivity index (χ4v) is 6.52. The Labute approximate surface area is 251 Å². The van der Waals surface area contributed by atoms with E-state index in [9.17, 15) is 22.4 Å². The molecular formula is C32H36FN3O6S. The van der Waals surface area contributed by atoms with Crippen LogP contribution < -0.4 is 19.1 Å². The summed E-state index contributed by atoms with van der Waals surface area (Å²) in [6.45, 7) is 0.957. The Morgan fingerprint density at radius 3 is 2.35 bits per heavy atom. The second kappa shape index (κ2) is 13.5. The summed E-state index contributed by atoms with van der Waals surface area (Å²) in [5.41, 5.74) is 1.70. The number of hydrogen-bond donors (Lipinski definition) is 1. The Kier molecular flexibility index (Phi) is 9.49. The summed E-state index contributed by atoms with van der Waals surface area (Å²) < 4.78 is 52.3. The molecule has 1 fully saturated rings. The number of nitrogens with one attached hydrogen (secondary N) is 1. The predicted molar refractivity (Wildman–Crippen MR) is 161 cm³/mol. The number of halogens is 1. The van der Waals surface area contributed by atoms with Crippen molar-refractivity contribution in [2.45, 2.75) is 57.7 Å². The van der Waals surface area contributed by atoms with Crippen LogP contribution in [0.3, 0.4) is 0 Å². The molecule has 1 heterocycles. The Balaban J connectivity index is 1.51. The minimum absolute atomic E-state index is 0.0131. The first-order valence-electron chi connectivity index (χ1n) is 14.5. The molecule has 228 valence electrons. The standard InChI is InChI=1S/C32H36FN3O6S/c1-2-43(39,40)36(27-16-17-29-30(19-27)42-22-41-29)21-31(37)35(20-24-12-14-25(33)15-13-24)28(18-23-8-4-3-5-9-23)32(38)34-26-10-6-7-11-26/h3-5,8-9,12-17,19,26,28H,2,6-7,10-11,18,20-22H2,1H3,(H,34,38)/t28-/m1/s1. The number of rotatable bonds is 12. The van der Waals surface area contributed by atoms with E-state index in [1.807, 2.05) is 30.3 Å². The largest absolute Gasteiger partial charge is 0.454 e. The van der Waals surface area contributed by atoms with Gasteiger partial charge in [-0.1, -0.05) is 55.3 Å². The fraction of sp³-hybridized carbons (Fsp3) is 0.375. The molecule has 2 aliphatic rings. The van der Waals surface area contributed by atoms with Gasteiger partial charge in [0.25, 0.3) is 0 Å². The Bertz CT molecular complexity index is 1530. The molecule has 9 nitrogen and oxygen atoms in total. The lowest BCUT2D eigenvalue weighted by Crippen LogP contribution is -2.54. The molecule has 1 aliphatic carbocycles. The van der Waals surface area contributed by atoms with Crippen LogP contribution in [0.5, 0.6) is 11.5 Å². The molecule has 0 bridgehead atoms. The molecule has 0 aromatic heterocycles. The highest BCUT2D eigenvalue weighted by Crippen LogP contribution is 2.36. The number of carbonyl (C=O) groups excluding carboxylic acids is 2. The third-order valence-corrected chi connectivity index (χ3v) is 9.60. The van der Waals surface area contributed by atoms with Crippen molar-refractivity contribution in [3.8, 4) is 11.5 Å².